The van der Waals surface area contributed by atoms with Gasteiger partial charge in [0, 0.05) is 90.2 Å². The van der Waals surface area contributed by atoms with Crippen molar-refractivity contribution in [1.82, 2.24) is 39.9 Å². The number of piperidine rings is 1. The molecule has 2 aromatic carbocycles. The van der Waals surface area contributed by atoms with Gasteiger partial charge in [-0.25, -0.2) is 9.78 Å². The van der Waals surface area contributed by atoms with Crippen molar-refractivity contribution < 1.29 is 47.5 Å². The molecule has 2 aliphatic rings. The van der Waals surface area contributed by atoms with Crippen LogP contribution in [0.3, 0.4) is 0 Å². The minimum Gasteiger partial charge on any atom is -0.457 e. The molecule has 2 aromatic heterocycles. The lowest BCUT2D eigenvalue weighted by Crippen LogP contribution is -2.48. The number of fused-ring (bicyclic) bond motifs is 1. The summed E-state index contributed by atoms with van der Waals surface area (Å²) < 4.78 is 41.5. The Balaban J connectivity index is 0.758. The van der Waals surface area contributed by atoms with E-state index in [1.54, 1.807) is 6.08 Å². The number of ether oxygens (including phenoxy) is 7. The lowest BCUT2D eigenvalue weighted by Gasteiger charge is -2.34. The van der Waals surface area contributed by atoms with Crippen LogP contribution in [0.15, 0.2) is 85.3 Å². The molecular weight excluding hydrogens is 861 g/mol. The molecule has 2 fully saturated rings. The van der Waals surface area contributed by atoms with Crippen molar-refractivity contribution in [2.24, 2.45) is 0 Å². The molecule has 0 aliphatic carbocycles. The molecule has 4 aromatic rings. The molecular formula is C49H68N8O10. The summed E-state index contributed by atoms with van der Waals surface area (Å²) in [6.45, 7) is 16.1. The fraction of sp³-hybridized carbons (Fsp3) is 0.531. The van der Waals surface area contributed by atoms with E-state index in [1.807, 2.05) is 98.6 Å². The average molecular weight is 929 g/mol. The van der Waals surface area contributed by atoms with Crippen molar-refractivity contribution in [3.63, 3.8) is 0 Å². The highest BCUT2D eigenvalue weighted by atomic mass is 16.6. The van der Waals surface area contributed by atoms with Gasteiger partial charge in [-0.1, -0.05) is 24.3 Å². The number of carbonyl (C=O) groups excluding carboxylic acids is 3. The van der Waals surface area contributed by atoms with Gasteiger partial charge in [-0.15, -0.1) is 0 Å². The first-order valence-corrected chi connectivity index (χ1v) is 23.4. The maximum atomic E-state index is 13.2. The van der Waals surface area contributed by atoms with E-state index in [-0.39, 0.29) is 17.9 Å². The largest absolute Gasteiger partial charge is 0.457 e. The van der Waals surface area contributed by atoms with Crippen molar-refractivity contribution in [2.45, 2.75) is 51.7 Å². The average Bonchev–Trinajstić information content (AvgIpc) is 3.76. The van der Waals surface area contributed by atoms with Gasteiger partial charge in [0.2, 0.25) is 17.7 Å². The number of rotatable bonds is 26. The van der Waals surface area contributed by atoms with E-state index in [2.05, 4.69) is 35.0 Å². The smallest absolute Gasteiger partial charge is 0.407 e. The Morgan fingerprint density at radius 1 is 0.687 bits per heavy atom. The summed E-state index contributed by atoms with van der Waals surface area (Å²) in [5.74, 6) is 2.62. The number of likely N-dealkylation sites (tertiary alicyclic amines) is 1. The summed E-state index contributed by atoms with van der Waals surface area (Å²) in [5.41, 5.74) is 1.12. The normalized spacial score (nSPS) is 15.2. The molecule has 2 saturated heterocycles. The van der Waals surface area contributed by atoms with Crippen LogP contribution in [0, 0.1) is 0 Å². The summed E-state index contributed by atoms with van der Waals surface area (Å²) >= 11 is 0. The molecule has 0 saturated carbocycles. The van der Waals surface area contributed by atoms with E-state index in [9.17, 15) is 14.4 Å². The number of para-hydroxylation sites is 1. The molecule has 0 atom stereocenters. The van der Waals surface area contributed by atoms with Crippen molar-refractivity contribution in [3.8, 4) is 23.1 Å². The first-order valence-electron chi connectivity index (χ1n) is 23.4. The van der Waals surface area contributed by atoms with Crippen LogP contribution in [0.2, 0.25) is 0 Å². The van der Waals surface area contributed by atoms with E-state index in [0.29, 0.717) is 103 Å². The number of hydrogen-bond acceptors (Lipinski definition) is 14. The Morgan fingerprint density at radius 3 is 1.97 bits per heavy atom. The van der Waals surface area contributed by atoms with Gasteiger partial charge in [-0.3, -0.25) is 19.4 Å². The quantitative estimate of drug-likeness (QED) is 0.0600. The summed E-state index contributed by atoms with van der Waals surface area (Å²) in [5, 5.41) is 5.62. The van der Waals surface area contributed by atoms with Gasteiger partial charge in [-0.2, -0.15) is 4.98 Å². The Hall–Kier alpha value is -5.63. The number of alkyl carbamates (subject to hydrolysis) is 1. The van der Waals surface area contributed by atoms with E-state index in [4.69, 9.17) is 33.2 Å². The Kier molecular flexibility index (Phi) is 20.7. The van der Waals surface area contributed by atoms with Crippen LogP contribution in [0.25, 0.3) is 11.0 Å². The van der Waals surface area contributed by atoms with Gasteiger partial charge < -0.3 is 53.3 Å². The lowest BCUT2D eigenvalue weighted by atomic mass is 10.0. The first-order chi connectivity index (χ1) is 32.6. The topological polar surface area (TPSA) is 180 Å². The van der Waals surface area contributed by atoms with Crippen LogP contribution >= 0.6 is 0 Å². The predicted octanol–water partition coefficient (Wildman–Crippen LogP) is 5.45. The number of amides is 3. The van der Waals surface area contributed by atoms with Gasteiger partial charge in [0.05, 0.1) is 58.4 Å². The van der Waals surface area contributed by atoms with Crippen LogP contribution in [-0.4, -0.2) is 171 Å². The van der Waals surface area contributed by atoms with E-state index in [0.717, 1.165) is 68.9 Å². The maximum Gasteiger partial charge on any atom is 0.407 e. The highest BCUT2D eigenvalue weighted by Gasteiger charge is 2.26. The maximum absolute atomic E-state index is 13.2. The second-order valence-electron chi connectivity index (χ2n) is 17.2. The number of piperazine rings is 1. The van der Waals surface area contributed by atoms with Crippen LogP contribution < -0.4 is 20.1 Å². The molecule has 364 valence electrons. The van der Waals surface area contributed by atoms with Gasteiger partial charge >= 0.3 is 6.09 Å². The fourth-order valence-electron chi connectivity index (χ4n) is 7.53. The molecule has 0 radical (unpaired) electrons. The highest BCUT2D eigenvalue weighted by molar-refractivity contribution is 5.87. The molecule has 67 heavy (non-hydrogen) atoms. The number of benzene rings is 2. The third kappa shape index (κ3) is 18.2. The van der Waals surface area contributed by atoms with Crippen LogP contribution in [-0.2, 0) is 33.3 Å². The molecule has 18 heteroatoms. The number of hydrogen-bond donors (Lipinski definition) is 2. The SMILES string of the molecule is CC(C)(C)OC(=O)NCCOCCOCCOCCOCCC(=O)NCCN1CCN(CC=CC(=O)N2CCC(n3ccc4ncnc(Oc5ccc(Oc6ccccc6)cc5)c43)CC2)CC1. The third-order valence-corrected chi connectivity index (χ3v) is 11.0. The van der Waals surface area contributed by atoms with Gasteiger partial charge in [0.15, 0.2) is 0 Å². The van der Waals surface area contributed by atoms with Gasteiger partial charge in [-0.05, 0) is 76.1 Å². The molecule has 6 rings (SSSR count). The zero-order valence-corrected chi connectivity index (χ0v) is 39.3. The standard InChI is InChI=1S/C49H68N8O10/c1-49(2,3)67-48(60)51-20-31-62-33-35-64-37-36-63-34-32-61-30-18-44(58)50-19-25-55-28-26-54(27-29-55)21-7-10-45(59)56-22-15-39(16-23-56)57-24-17-43-46(57)47(53-38-52-43)66-42-13-11-41(12-14-42)65-40-8-5-4-6-9-40/h4-14,17,24,38-39H,15-16,18-23,25-37H2,1-3H3,(H,50,58)(H,51,60). The lowest BCUT2D eigenvalue weighted by molar-refractivity contribution is -0.127. The number of nitrogens with one attached hydrogen (secondary N) is 2. The van der Waals surface area contributed by atoms with Crippen LogP contribution in [0.1, 0.15) is 46.1 Å². The molecule has 2 aliphatic heterocycles. The second kappa shape index (κ2) is 27.2. The van der Waals surface area contributed by atoms with Crippen molar-refractivity contribution in [1.29, 1.82) is 0 Å². The minimum atomic E-state index is -0.528. The number of aromatic nitrogens is 3. The van der Waals surface area contributed by atoms with E-state index >= 15 is 0 Å². The fourth-order valence-corrected chi connectivity index (χ4v) is 7.53. The Morgan fingerprint density at radius 2 is 1.30 bits per heavy atom. The molecule has 3 amide bonds. The Labute approximate surface area is 393 Å². The second-order valence-corrected chi connectivity index (χ2v) is 17.2. The van der Waals surface area contributed by atoms with Gasteiger partial charge in [0.25, 0.3) is 0 Å². The summed E-state index contributed by atoms with van der Waals surface area (Å²) in [7, 11) is 0. The summed E-state index contributed by atoms with van der Waals surface area (Å²) in [6.07, 6.45) is 8.71. The number of carbonyl (C=O) groups is 3. The summed E-state index contributed by atoms with van der Waals surface area (Å²) in [6, 6.07) is 19.3. The van der Waals surface area contributed by atoms with Gasteiger partial charge in [0.1, 0.15) is 34.7 Å². The van der Waals surface area contributed by atoms with Crippen LogP contribution in [0.5, 0.6) is 23.1 Å². The molecule has 18 nitrogen and oxygen atoms in total. The highest BCUT2D eigenvalue weighted by Crippen LogP contribution is 2.34. The summed E-state index contributed by atoms with van der Waals surface area (Å²) in [4.78, 5) is 52.7. The minimum absolute atomic E-state index is 0.0321. The molecule has 0 spiro atoms. The van der Waals surface area contributed by atoms with Crippen molar-refractivity contribution in [2.75, 3.05) is 118 Å². The first kappa shape index (κ1) is 50.8. The molecule has 2 N–H and O–H groups in total. The predicted molar refractivity (Wildman–Crippen MR) is 253 cm³/mol. The molecule has 0 unspecified atom stereocenters. The monoisotopic (exact) mass is 929 g/mol. The Bertz CT molecular complexity index is 2120. The van der Waals surface area contributed by atoms with Crippen molar-refractivity contribution >= 4 is 28.9 Å². The van der Waals surface area contributed by atoms with E-state index in [1.165, 1.54) is 6.33 Å². The zero-order chi connectivity index (χ0) is 47.1. The molecule has 4 heterocycles. The number of nitrogens with zero attached hydrogens (tertiary/aromatic N) is 6. The zero-order valence-electron chi connectivity index (χ0n) is 39.3. The van der Waals surface area contributed by atoms with Crippen LogP contribution in [0.4, 0.5) is 4.79 Å². The van der Waals surface area contributed by atoms with E-state index < -0.39 is 11.7 Å². The van der Waals surface area contributed by atoms with Crippen molar-refractivity contribution in [3.05, 3.63) is 85.3 Å². The molecule has 0 bridgehead atoms. The third-order valence-electron chi connectivity index (χ3n) is 11.0.